The Morgan fingerprint density at radius 3 is 2.55 bits per heavy atom. The lowest BCUT2D eigenvalue weighted by Crippen LogP contribution is -2.27. The van der Waals surface area contributed by atoms with E-state index < -0.39 is 6.36 Å². The molecule has 10 heteroatoms. The predicted octanol–water partition coefficient (Wildman–Crippen LogP) is 7.05. The van der Waals surface area contributed by atoms with E-state index in [1.807, 2.05) is 66.1 Å². The molecular formula is C28H22F3N5OS. The molecule has 6 nitrogen and oxygen atoms in total. The Morgan fingerprint density at radius 1 is 1.05 bits per heavy atom. The second-order valence-corrected chi connectivity index (χ2v) is 8.97. The first-order valence-corrected chi connectivity index (χ1v) is 12.0. The van der Waals surface area contributed by atoms with E-state index in [4.69, 9.17) is 12.2 Å². The smallest absolute Gasteiger partial charge is 0.406 e. The van der Waals surface area contributed by atoms with Gasteiger partial charge in [-0.25, -0.2) is 9.99 Å². The van der Waals surface area contributed by atoms with Crippen LogP contribution in [-0.2, 0) is 0 Å². The van der Waals surface area contributed by atoms with E-state index in [1.165, 1.54) is 12.1 Å². The van der Waals surface area contributed by atoms with Crippen molar-refractivity contribution < 1.29 is 17.9 Å². The largest absolute Gasteiger partial charge is 0.573 e. The minimum Gasteiger partial charge on any atom is -0.406 e. The fourth-order valence-corrected chi connectivity index (χ4v) is 4.19. The number of aryl methyl sites for hydroxylation is 1. The fraction of sp³-hybridized carbons (Fsp3) is 0.107. The standard InChI is InChI=1S/C28H22F3N5OS/c1-18-5-3-4-6-24(18)34-27(38)35(2)33-16-19-7-13-23-20(15-19)8-14-25-26(23)32-17-36(25)21-9-11-22(12-10-21)37-28(29,30)31/h3-17H,1-2H3,(H,34,38)/b33-16+. The number of aromatic nitrogens is 2. The summed E-state index contributed by atoms with van der Waals surface area (Å²) in [6, 6.07) is 23.4. The molecular weight excluding hydrogens is 511 g/mol. The highest BCUT2D eigenvalue weighted by Crippen LogP contribution is 2.29. The summed E-state index contributed by atoms with van der Waals surface area (Å²) in [6.07, 6.45) is -1.35. The van der Waals surface area contributed by atoms with Crippen molar-refractivity contribution in [3.63, 3.8) is 0 Å². The third kappa shape index (κ3) is 5.45. The molecule has 0 aliphatic rings. The van der Waals surface area contributed by atoms with Crippen molar-refractivity contribution in [1.82, 2.24) is 14.6 Å². The highest BCUT2D eigenvalue weighted by molar-refractivity contribution is 7.80. The van der Waals surface area contributed by atoms with Crippen molar-refractivity contribution in [1.29, 1.82) is 0 Å². The van der Waals surface area contributed by atoms with Gasteiger partial charge in [0.15, 0.2) is 5.11 Å². The van der Waals surface area contributed by atoms with Gasteiger partial charge in [0.05, 0.1) is 17.2 Å². The van der Waals surface area contributed by atoms with Crippen LogP contribution in [0.5, 0.6) is 5.75 Å². The van der Waals surface area contributed by atoms with Gasteiger partial charge in [-0.3, -0.25) is 4.57 Å². The average Bonchev–Trinajstić information content (AvgIpc) is 3.32. The Labute approximate surface area is 222 Å². The van der Waals surface area contributed by atoms with Crippen LogP contribution in [0.25, 0.3) is 27.5 Å². The first-order chi connectivity index (χ1) is 18.2. The van der Waals surface area contributed by atoms with Crippen molar-refractivity contribution in [2.45, 2.75) is 13.3 Å². The number of para-hydroxylation sites is 1. The summed E-state index contributed by atoms with van der Waals surface area (Å²) in [5.74, 6) is -0.275. The molecule has 0 unspecified atom stereocenters. The van der Waals surface area contributed by atoms with Crippen LogP contribution in [0.3, 0.4) is 0 Å². The van der Waals surface area contributed by atoms with E-state index in [1.54, 1.807) is 36.7 Å². The topological polar surface area (TPSA) is 54.7 Å². The van der Waals surface area contributed by atoms with E-state index in [0.717, 1.165) is 38.6 Å². The van der Waals surface area contributed by atoms with E-state index in [9.17, 15) is 13.2 Å². The molecule has 192 valence electrons. The first-order valence-electron chi connectivity index (χ1n) is 11.6. The Kier molecular flexibility index (Phi) is 6.73. The van der Waals surface area contributed by atoms with Gasteiger partial charge < -0.3 is 10.1 Å². The molecule has 1 heterocycles. The molecule has 0 amide bonds. The maximum absolute atomic E-state index is 12.5. The normalized spacial score (nSPS) is 11.8. The Morgan fingerprint density at radius 2 is 1.82 bits per heavy atom. The van der Waals surface area contributed by atoms with Crippen molar-refractivity contribution in [2.75, 3.05) is 12.4 Å². The molecule has 38 heavy (non-hydrogen) atoms. The summed E-state index contributed by atoms with van der Waals surface area (Å²) < 4.78 is 43.2. The number of hydrazone groups is 1. The van der Waals surface area contributed by atoms with E-state index in [2.05, 4.69) is 20.1 Å². The number of benzene rings is 4. The zero-order chi connectivity index (χ0) is 26.9. The number of thiocarbonyl (C=S) groups is 1. The maximum atomic E-state index is 12.5. The van der Waals surface area contributed by atoms with Crippen molar-refractivity contribution >= 4 is 51.0 Å². The average molecular weight is 534 g/mol. The van der Waals surface area contributed by atoms with Gasteiger partial charge in [-0.1, -0.05) is 36.4 Å². The minimum atomic E-state index is -4.73. The SMILES string of the molecule is Cc1ccccc1NC(=S)N(C)/N=C/c1ccc2c(ccc3c2ncn3-c2ccc(OC(F)(F)F)cc2)c1. The zero-order valence-corrected chi connectivity index (χ0v) is 21.2. The highest BCUT2D eigenvalue weighted by atomic mass is 32.1. The number of fused-ring (bicyclic) bond motifs is 3. The van der Waals surface area contributed by atoms with Crippen LogP contribution in [-0.4, -0.2) is 39.3 Å². The number of imidazole rings is 1. The molecule has 4 aromatic carbocycles. The van der Waals surface area contributed by atoms with E-state index >= 15 is 0 Å². The van der Waals surface area contributed by atoms with Gasteiger partial charge >= 0.3 is 6.36 Å². The fourth-order valence-electron chi connectivity index (χ4n) is 4.04. The molecule has 0 saturated carbocycles. The van der Waals surface area contributed by atoms with Crippen LogP contribution in [0.4, 0.5) is 18.9 Å². The molecule has 0 aliphatic heterocycles. The monoisotopic (exact) mass is 533 g/mol. The van der Waals surface area contributed by atoms with Crippen LogP contribution in [0.2, 0.25) is 0 Å². The highest BCUT2D eigenvalue weighted by Gasteiger charge is 2.31. The van der Waals surface area contributed by atoms with Gasteiger partial charge in [0.2, 0.25) is 0 Å². The number of alkyl halides is 3. The third-order valence-corrected chi connectivity index (χ3v) is 6.33. The van der Waals surface area contributed by atoms with Crippen molar-refractivity contribution in [2.24, 2.45) is 5.10 Å². The number of rotatable bonds is 5. The number of hydrogen-bond donors (Lipinski definition) is 1. The van der Waals surface area contributed by atoms with Crippen LogP contribution >= 0.6 is 12.2 Å². The van der Waals surface area contributed by atoms with Crippen molar-refractivity contribution in [3.8, 4) is 11.4 Å². The van der Waals surface area contributed by atoms with Gasteiger partial charge in [-0.2, -0.15) is 5.10 Å². The molecule has 5 aromatic rings. The molecule has 0 spiro atoms. The van der Waals surface area contributed by atoms with Gasteiger partial charge in [0.1, 0.15) is 12.1 Å². The second kappa shape index (κ2) is 10.1. The quantitative estimate of drug-likeness (QED) is 0.149. The molecule has 0 radical (unpaired) electrons. The third-order valence-electron chi connectivity index (χ3n) is 5.97. The summed E-state index contributed by atoms with van der Waals surface area (Å²) in [5.41, 5.74) is 5.19. The summed E-state index contributed by atoms with van der Waals surface area (Å²) in [4.78, 5) is 4.56. The van der Waals surface area contributed by atoms with Gasteiger partial charge in [-0.15, -0.1) is 13.2 Å². The van der Waals surface area contributed by atoms with Gasteiger partial charge in [0, 0.05) is 23.8 Å². The number of ether oxygens (including phenoxy) is 1. The molecule has 0 aliphatic carbocycles. The lowest BCUT2D eigenvalue weighted by molar-refractivity contribution is -0.274. The van der Waals surface area contributed by atoms with Crippen LogP contribution in [0.1, 0.15) is 11.1 Å². The number of hydrogen-bond acceptors (Lipinski definition) is 4. The second-order valence-electron chi connectivity index (χ2n) is 8.58. The Bertz CT molecular complexity index is 1660. The summed E-state index contributed by atoms with van der Waals surface area (Å²) in [5, 5.41) is 11.7. The lowest BCUT2D eigenvalue weighted by atomic mass is 10.1. The molecule has 0 bridgehead atoms. The number of nitrogens with one attached hydrogen (secondary N) is 1. The van der Waals surface area contributed by atoms with Crippen LogP contribution in [0.15, 0.2) is 90.3 Å². The minimum absolute atomic E-state index is 0.275. The zero-order valence-electron chi connectivity index (χ0n) is 20.4. The Balaban J connectivity index is 1.35. The summed E-state index contributed by atoms with van der Waals surface area (Å²) >= 11 is 5.47. The van der Waals surface area contributed by atoms with Crippen LogP contribution < -0.4 is 10.1 Å². The molecule has 1 aromatic heterocycles. The van der Waals surface area contributed by atoms with Gasteiger partial charge in [-0.05, 0) is 78.1 Å². The lowest BCUT2D eigenvalue weighted by Gasteiger charge is -2.16. The molecule has 5 rings (SSSR count). The molecule has 0 saturated heterocycles. The first kappa shape index (κ1) is 25.2. The number of nitrogens with zero attached hydrogens (tertiary/aromatic N) is 4. The van der Waals surface area contributed by atoms with E-state index in [-0.39, 0.29) is 5.75 Å². The van der Waals surface area contributed by atoms with Crippen LogP contribution in [0, 0.1) is 6.92 Å². The molecule has 1 N–H and O–H groups in total. The molecule has 0 fully saturated rings. The number of anilines is 1. The predicted molar refractivity (Wildman–Crippen MR) is 148 cm³/mol. The molecule has 0 atom stereocenters. The maximum Gasteiger partial charge on any atom is 0.573 e. The summed E-state index contributed by atoms with van der Waals surface area (Å²) in [7, 11) is 1.78. The van der Waals surface area contributed by atoms with Gasteiger partial charge in [0.25, 0.3) is 0 Å². The van der Waals surface area contributed by atoms with Crippen molar-refractivity contribution in [3.05, 3.63) is 96.3 Å². The summed E-state index contributed by atoms with van der Waals surface area (Å²) in [6.45, 7) is 2.01. The number of halogens is 3. The Hall–Kier alpha value is -4.44. The van der Waals surface area contributed by atoms with E-state index in [0.29, 0.717) is 10.8 Å².